The fraction of sp³-hybridized carbons (Fsp3) is 0.625. The van der Waals surface area contributed by atoms with Crippen LogP contribution in [0.25, 0.3) is 0 Å². The molecular formula is C16H28N4O. The third kappa shape index (κ3) is 5.34. The van der Waals surface area contributed by atoms with E-state index >= 15 is 0 Å². The standard InChI is InChI=1S/C16H28N4O/c1-6-8-20(10-9-19(4)5)16(21)13-11-14(7-2)18-15(12-13)17-3/h11-12H,6-10H2,1-5H3,(H,17,18). The monoisotopic (exact) mass is 292 g/mol. The van der Waals surface area contributed by atoms with Gasteiger partial charge in [0.05, 0.1) is 0 Å². The molecule has 0 saturated carbocycles. The van der Waals surface area contributed by atoms with Crippen LogP contribution in [0.3, 0.4) is 0 Å². The van der Waals surface area contributed by atoms with Crippen LogP contribution in [0.4, 0.5) is 5.82 Å². The molecule has 0 aliphatic carbocycles. The normalized spacial score (nSPS) is 10.8. The molecule has 1 heterocycles. The van der Waals surface area contributed by atoms with Crippen molar-refractivity contribution in [1.82, 2.24) is 14.8 Å². The van der Waals surface area contributed by atoms with E-state index in [1.165, 1.54) is 0 Å². The molecule has 0 unspecified atom stereocenters. The first kappa shape index (κ1) is 17.4. The van der Waals surface area contributed by atoms with E-state index in [9.17, 15) is 4.79 Å². The molecule has 0 saturated heterocycles. The maximum Gasteiger partial charge on any atom is 0.254 e. The number of rotatable bonds is 8. The van der Waals surface area contributed by atoms with Crippen molar-refractivity contribution in [2.75, 3.05) is 46.1 Å². The maximum absolute atomic E-state index is 12.7. The van der Waals surface area contributed by atoms with Crippen LogP contribution < -0.4 is 5.32 Å². The van der Waals surface area contributed by atoms with Gasteiger partial charge < -0.3 is 15.1 Å². The zero-order chi connectivity index (χ0) is 15.8. The van der Waals surface area contributed by atoms with Gasteiger partial charge in [0.25, 0.3) is 5.91 Å². The summed E-state index contributed by atoms with van der Waals surface area (Å²) in [6.07, 6.45) is 1.78. The highest BCUT2D eigenvalue weighted by molar-refractivity contribution is 5.95. The molecule has 5 nitrogen and oxygen atoms in total. The van der Waals surface area contributed by atoms with Crippen LogP contribution in [0.2, 0.25) is 0 Å². The number of carbonyl (C=O) groups excluding carboxylic acids is 1. The fourth-order valence-corrected chi connectivity index (χ4v) is 2.11. The van der Waals surface area contributed by atoms with Gasteiger partial charge in [-0.1, -0.05) is 13.8 Å². The van der Waals surface area contributed by atoms with E-state index in [2.05, 4.69) is 22.1 Å². The van der Waals surface area contributed by atoms with Crippen molar-refractivity contribution in [2.45, 2.75) is 26.7 Å². The number of amides is 1. The van der Waals surface area contributed by atoms with Gasteiger partial charge in [-0.25, -0.2) is 4.98 Å². The lowest BCUT2D eigenvalue weighted by Gasteiger charge is -2.24. The Morgan fingerprint density at radius 2 is 1.90 bits per heavy atom. The van der Waals surface area contributed by atoms with Gasteiger partial charge in [-0.2, -0.15) is 0 Å². The lowest BCUT2D eigenvalue weighted by atomic mass is 10.1. The van der Waals surface area contributed by atoms with Crippen LogP contribution in [0.5, 0.6) is 0 Å². The van der Waals surface area contributed by atoms with Crippen LogP contribution in [0.15, 0.2) is 12.1 Å². The van der Waals surface area contributed by atoms with Gasteiger partial charge in [-0.15, -0.1) is 0 Å². The molecule has 0 radical (unpaired) electrons. The summed E-state index contributed by atoms with van der Waals surface area (Å²) >= 11 is 0. The summed E-state index contributed by atoms with van der Waals surface area (Å²) in [5, 5.41) is 3.03. The van der Waals surface area contributed by atoms with Crippen LogP contribution in [0, 0.1) is 0 Å². The second kappa shape index (κ2) is 8.62. The summed E-state index contributed by atoms with van der Waals surface area (Å²) in [7, 11) is 5.87. The molecule has 0 aromatic carbocycles. The van der Waals surface area contributed by atoms with Crippen LogP contribution >= 0.6 is 0 Å². The van der Waals surface area contributed by atoms with Gasteiger partial charge in [0.2, 0.25) is 0 Å². The first-order valence-electron chi connectivity index (χ1n) is 7.64. The Bertz CT molecular complexity index is 437. The molecular weight excluding hydrogens is 264 g/mol. The second-order valence-electron chi connectivity index (χ2n) is 5.43. The Kier molecular flexibility index (Phi) is 7.15. The van der Waals surface area contributed by atoms with E-state index in [0.717, 1.165) is 49.6 Å². The zero-order valence-electron chi connectivity index (χ0n) is 13.9. The van der Waals surface area contributed by atoms with Gasteiger partial charge in [-0.05, 0) is 39.1 Å². The van der Waals surface area contributed by atoms with Gasteiger partial charge in [0.1, 0.15) is 5.82 Å². The number of pyridine rings is 1. The Balaban J connectivity index is 2.96. The minimum absolute atomic E-state index is 0.0901. The van der Waals surface area contributed by atoms with E-state index < -0.39 is 0 Å². The molecule has 1 aromatic rings. The molecule has 1 amide bonds. The van der Waals surface area contributed by atoms with E-state index in [-0.39, 0.29) is 5.91 Å². The van der Waals surface area contributed by atoms with Gasteiger partial charge >= 0.3 is 0 Å². The lowest BCUT2D eigenvalue weighted by Crippen LogP contribution is -2.37. The Labute approximate surface area is 128 Å². The summed E-state index contributed by atoms with van der Waals surface area (Å²) < 4.78 is 0. The van der Waals surface area contributed by atoms with Crippen molar-refractivity contribution in [2.24, 2.45) is 0 Å². The summed E-state index contributed by atoms with van der Waals surface area (Å²) in [6.45, 7) is 6.55. The number of hydrogen-bond acceptors (Lipinski definition) is 4. The molecule has 0 atom stereocenters. The van der Waals surface area contributed by atoms with Crippen LogP contribution in [-0.4, -0.2) is 61.5 Å². The number of likely N-dealkylation sites (N-methyl/N-ethyl adjacent to an activating group) is 1. The molecule has 5 heteroatoms. The SMILES string of the molecule is CCCN(CCN(C)C)C(=O)c1cc(CC)nc(NC)c1. The second-order valence-corrected chi connectivity index (χ2v) is 5.43. The van der Waals surface area contributed by atoms with E-state index in [1.54, 1.807) is 0 Å². The smallest absolute Gasteiger partial charge is 0.254 e. The molecule has 1 aromatic heterocycles. The molecule has 0 spiro atoms. The summed E-state index contributed by atoms with van der Waals surface area (Å²) in [6, 6.07) is 3.74. The Morgan fingerprint density at radius 1 is 1.19 bits per heavy atom. The predicted molar refractivity (Wildman–Crippen MR) is 87.9 cm³/mol. The minimum Gasteiger partial charge on any atom is -0.373 e. The highest BCUT2D eigenvalue weighted by atomic mass is 16.2. The van der Waals surface area contributed by atoms with Gasteiger partial charge in [0.15, 0.2) is 0 Å². The van der Waals surface area contributed by atoms with Crippen LogP contribution in [-0.2, 0) is 6.42 Å². The largest absolute Gasteiger partial charge is 0.373 e. The van der Waals surface area contributed by atoms with Crippen molar-refractivity contribution in [3.05, 3.63) is 23.4 Å². The molecule has 118 valence electrons. The minimum atomic E-state index is 0.0901. The molecule has 0 bridgehead atoms. The highest BCUT2D eigenvalue weighted by Gasteiger charge is 2.16. The highest BCUT2D eigenvalue weighted by Crippen LogP contribution is 2.13. The van der Waals surface area contributed by atoms with Crippen molar-refractivity contribution >= 4 is 11.7 Å². The maximum atomic E-state index is 12.7. The first-order chi connectivity index (χ1) is 10.0. The number of nitrogens with one attached hydrogen (secondary N) is 1. The average molecular weight is 292 g/mol. The van der Waals surface area contributed by atoms with E-state index in [1.807, 2.05) is 45.1 Å². The topological polar surface area (TPSA) is 48.5 Å². The quantitative estimate of drug-likeness (QED) is 0.797. The number of aromatic nitrogens is 1. The molecule has 21 heavy (non-hydrogen) atoms. The molecule has 1 N–H and O–H groups in total. The fourth-order valence-electron chi connectivity index (χ4n) is 2.11. The number of hydrogen-bond donors (Lipinski definition) is 1. The molecule has 1 rings (SSSR count). The summed E-state index contributed by atoms with van der Waals surface area (Å²) in [5.41, 5.74) is 1.66. The lowest BCUT2D eigenvalue weighted by molar-refractivity contribution is 0.0745. The Hall–Kier alpha value is -1.62. The van der Waals surface area contributed by atoms with Crippen molar-refractivity contribution < 1.29 is 4.79 Å². The zero-order valence-corrected chi connectivity index (χ0v) is 13.9. The average Bonchev–Trinajstić information content (AvgIpc) is 2.49. The molecule has 0 fully saturated rings. The van der Waals surface area contributed by atoms with Crippen molar-refractivity contribution in [1.29, 1.82) is 0 Å². The summed E-state index contributed by atoms with van der Waals surface area (Å²) in [5.74, 6) is 0.842. The summed E-state index contributed by atoms with van der Waals surface area (Å²) in [4.78, 5) is 21.2. The molecule has 0 aliphatic rings. The number of aryl methyl sites for hydroxylation is 1. The van der Waals surface area contributed by atoms with Crippen molar-refractivity contribution in [3.63, 3.8) is 0 Å². The predicted octanol–water partition coefficient (Wildman–Crippen LogP) is 2.10. The third-order valence-electron chi connectivity index (χ3n) is 3.34. The number of carbonyl (C=O) groups is 1. The van der Waals surface area contributed by atoms with Crippen molar-refractivity contribution in [3.8, 4) is 0 Å². The number of nitrogens with zero attached hydrogens (tertiary/aromatic N) is 3. The van der Waals surface area contributed by atoms with E-state index in [0.29, 0.717) is 0 Å². The van der Waals surface area contributed by atoms with Crippen LogP contribution in [0.1, 0.15) is 36.3 Å². The Morgan fingerprint density at radius 3 is 2.43 bits per heavy atom. The third-order valence-corrected chi connectivity index (χ3v) is 3.34. The van der Waals surface area contributed by atoms with Gasteiger partial charge in [0, 0.05) is 37.9 Å². The molecule has 0 aliphatic heterocycles. The van der Waals surface area contributed by atoms with E-state index in [4.69, 9.17) is 0 Å². The van der Waals surface area contributed by atoms with Gasteiger partial charge in [-0.3, -0.25) is 4.79 Å². The number of anilines is 1. The first-order valence-corrected chi connectivity index (χ1v) is 7.64.